The predicted octanol–water partition coefficient (Wildman–Crippen LogP) is 2.03. The Morgan fingerprint density at radius 1 is 1.53 bits per heavy atom. The molecule has 0 spiro atoms. The van der Waals surface area contributed by atoms with E-state index in [1.807, 2.05) is 6.26 Å². The number of sulfonamides is 1. The lowest BCUT2D eigenvalue weighted by Gasteiger charge is -2.26. The highest BCUT2D eigenvalue weighted by atomic mass is 35.5. The smallest absolute Gasteiger partial charge is 0.261 e. The van der Waals surface area contributed by atoms with Gasteiger partial charge >= 0.3 is 0 Å². The molecular weight excluding hydrogens is 306 g/mol. The molecule has 0 radical (unpaired) electrons. The van der Waals surface area contributed by atoms with Gasteiger partial charge in [-0.25, -0.2) is 18.1 Å². The average Bonchev–Trinajstić information content (AvgIpc) is 2.97. The standard InChI is InChI=1S/C11H18ClN3O2S2/c1-15-8-13-10(9(15)12)19(16,17)14-7-11(18-2)5-3-4-6-11/h8,14H,3-7H2,1-2H3. The average molecular weight is 324 g/mol. The van der Waals surface area contributed by atoms with Gasteiger partial charge < -0.3 is 4.57 Å². The summed E-state index contributed by atoms with van der Waals surface area (Å²) in [6.07, 6.45) is 7.85. The summed E-state index contributed by atoms with van der Waals surface area (Å²) in [7, 11) is -1.97. The van der Waals surface area contributed by atoms with Crippen molar-refractivity contribution in [3.8, 4) is 0 Å². The van der Waals surface area contributed by atoms with Crippen LogP contribution in [0.1, 0.15) is 25.7 Å². The molecule has 0 unspecified atom stereocenters. The molecule has 1 N–H and O–H groups in total. The monoisotopic (exact) mass is 323 g/mol. The largest absolute Gasteiger partial charge is 0.324 e. The van der Waals surface area contributed by atoms with Crippen molar-refractivity contribution >= 4 is 33.4 Å². The summed E-state index contributed by atoms with van der Waals surface area (Å²) in [5, 5.41) is 0.0445. The van der Waals surface area contributed by atoms with E-state index in [0.29, 0.717) is 6.54 Å². The lowest BCUT2D eigenvalue weighted by atomic mass is 10.1. The number of nitrogens with one attached hydrogen (secondary N) is 1. The third kappa shape index (κ3) is 3.09. The first-order valence-corrected chi connectivity index (χ1v) is 9.20. The molecule has 1 aliphatic carbocycles. The van der Waals surface area contributed by atoms with Gasteiger partial charge in [0, 0.05) is 18.3 Å². The highest BCUT2D eigenvalue weighted by Gasteiger charge is 2.35. The Labute approximate surface area is 123 Å². The van der Waals surface area contributed by atoms with Gasteiger partial charge in [0.25, 0.3) is 10.0 Å². The molecule has 1 aromatic rings. The second kappa shape index (κ2) is 5.63. The maximum absolute atomic E-state index is 12.2. The van der Waals surface area contributed by atoms with E-state index in [1.165, 1.54) is 10.9 Å². The van der Waals surface area contributed by atoms with Crippen LogP contribution in [0.2, 0.25) is 5.15 Å². The van der Waals surface area contributed by atoms with Gasteiger partial charge in [0.15, 0.2) is 0 Å². The Morgan fingerprint density at radius 2 is 2.16 bits per heavy atom. The number of halogens is 1. The van der Waals surface area contributed by atoms with Crippen molar-refractivity contribution in [3.05, 3.63) is 11.5 Å². The minimum atomic E-state index is -3.63. The summed E-state index contributed by atoms with van der Waals surface area (Å²) in [5.74, 6) is 0. The van der Waals surface area contributed by atoms with Crippen LogP contribution >= 0.6 is 23.4 Å². The fourth-order valence-electron chi connectivity index (χ4n) is 2.34. The Bertz CT molecular complexity index is 550. The van der Waals surface area contributed by atoms with Gasteiger partial charge in [-0.3, -0.25) is 0 Å². The van der Waals surface area contributed by atoms with Crippen molar-refractivity contribution in [2.45, 2.75) is 35.5 Å². The van der Waals surface area contributed by atoms with Crippen LogP contribution in [0, 0.1) is 0 Å². The summed E-state index contributed by atoms with van der Waals surface area (Å²) < 4.78 is 28.6. The number of hydrogen-bond acceptors (Lipinski definition) is 4. The molecule has 1 heterocycles. The van der Waals surface area contributed by atoms with Crippen LogP contribution in [-0.2, 0) is 17.1 Å². The Hall–Kier alpha value is -0.240. The van der Waals surface area contributed by atoms with Crippen molar-refractivity contribution in [2.24, 2.45) is 7.05 Å². The molecule has 19 heavy (non-hydrogen) atoms. The Balaban J connectivity index is 2.12. The normalized spacial score (nSPS) is 18.9. The quantitative estimate of drug-likeness (QED) is 0.900. The van der Waals surface area contributed by atoms with Gasteiger partial charge in [-0.2, -0.15) is 11.8 Å². The third-order valence-corrected chi connectivity index (χ3v) is 6.93. The molecule has 0 bridgehead atoms. The molecule has 0 aromatic carbocycles. The summed E-state index contributed by atoms with van der Waals surface area (Å²) >= 11 is 7.67. The van der Waals surface area contributed by atoms with Crippen LogP contribution in [0.5, 0.6) is 0 Å². The van der Waals surface area contributed by atoms with E-state index >= 15 is 0 Å². The SMILES string of the molecule is CSC1(CNS(=O)(=O)c2ncn(C)c2Cl)CCCC1. The molecular formula is C11H18ClN3O2S2. The van der Waals surface area contributed by atoms with E-state index in [9.17, 15) is 8.42 Å². The minimum absolute atomic E-state index is 0.0221. The van der Waals surface area contributed by atoms with Gasteiger partial charge in [-0.05, 0) is 19.1 Å². The van der Waals surface area contributed by atoms with Crippen molar-refractivity contribution in [3.63, 3.8) is 0 Å². The number of thioether (sulfide) groups is 1. The molecule has 0 aliphatic heterocycles. The fraction of sp³-hybridized carbons (Fsp3) is 0.727. The highest BCUT2D eigenvalue weighted by molar-refractivity contribution is 8.00. The van der Waals surface area contributed by atoms with Crippen LogP contribution < -0.4 is 4.72 Å². The number of nitrogens with zero attached hydrogens (tertiary/aromatic N) is 2. The Kier molecular flexibility index (Phi) is 4.49. The fourth-order valence-corrected chi connectivity index (χ4v) is 4.90. The molecule has 1 saturated carbocycles. The maximum atomic E-state index is 12.2. The Morgan fingerprint density at radius 3 is 2.63 bits per heavy atom. The van der Waals surface area contributed by atoms with Crippen LogP contribution in [-0.4, -0.2) is 35.5 Å². The molecule has 1 aromatic heterocycles. The molecule has 0 saturated heterocycles. The summed E-state index contributed by atoms with van der Waals surface area (Å²) in [6.45, 7) is 0.434. The first-order valence-electron chi connectivity index (χ1n) is 6.12. The van der Waals surface area contributed by atoms with Gasteiger partial charge in [-0.15, -0.1) is 0 Å². The molecule has 1 fully saturated rings. The summed E-state index contributed by atoms with van der Waals surface area (Å²) in [4.78, 5) is 3.85. The van der Waals surface area contributed by atoms with Crippen molar-refractivity contribution in [1.29, 1.82) is 0 Å². The van der Waals surface area contributed by atoms with Crippen LogP contribution in [0.25, 0.3) is 0 Å². The van der Waals surface area contributed by atoms with E-state index in [1.54, 1.807) is 18.8 Å². The lowest BCUT2D eigenvalue weighted by molar-refractivity contribution is 0.549. The molecule has 0 atom stereocenters. The minimum Gasteiger partial charge on any atom is -0.324 e. The zero-order valence-electron chi connectivity index (χ0n) is 11.0. The van der Waals surface area contributed by atoms with Crippen molar-refractivity contribution in [1.82, 2.24) is 14.3 Å². The van der Waals surface area contributed by atoms with E-state index in [0.717, 1.165) is 25.7 Å². The van der Waals surface area contributed by atoms with Crippen molar-refractivity contribution in [2.75, 3.05) is 12.8 Å². The summed E-state index contributed by atoms with van der Waals surface area (Å²) in [5.41, 5.74) is 0. The number of aromatic nitrogens is 2. The van der Waals surface area contributed by atoms with E-state index in [4.69, 9.17) is 11.6 Å². The maximum Gasteiger partial charge on any atom is 0.261 e. The van der Waals surface area contributed by atoms with Crippen LogP contribution in [0.15, 0.2) is 11.4 Å². The number of hydrogen-bond donors (Lipinski definition) is 1. The molecule has 1 aliphatic rings. The van der Waals surface area contributed by atoms with E-state index < -0.39 is 10.0 Å². The number of rotatable bonds is 5. The van der Waals surface area contributed by atoms with Gasteiger partial charge in [0.2, 0.25) is 5.03 Å². The molecule has 108 valence electrons. The molecule has 0 amide bonds. The van der Waals surface area contributed by atoms with Gasteiger partial charge in [0.1, 0.15) is 5.15 Å². The van der Waals surface area contributed by atoms with Gasteiger partial charge in [0.05, 0.1) is 6.33 Å². The topological polar surface area (TPSA) is 64.0 Å². The van der Waals surface area contributed by atoms with Crippen LogP contribution in [0.4, 0.5) is 0 Å². The zero-order valence-corrected chi connectivity index (χ0v) is 13.4. The summed E-state index contributed by atoms with van der Waals surface area (Å²) in [6, 6.07) is 0. The second-order valence-corrected chi connectivity index (χ2v) is 8.18. The molecule has 8 heteroatoms. The second-order valence-electron chi connectivity index (χ2n) is 4.87. The van der Waals surface area contributed by atoms with E-state index in [2.05, 4.69) is 9.71 Å². The predicted molar refractivity (Wildman–Crippen MR) is 78.1 cm³/mol. The third-order valence-electron chi connectivity index (χ3n) is 3.62. The van der Waals surface area contributed by atoms with Crippen molar-refractivity contribution < 1.29 is 8.42 Å². The first-order chi connectivity index (χ1) is 8.90. The number of aryl methyl sites for hydroxylation is 1. The molecule has 5 nitrogen and oxygen atoms in total. The highest BCUT2D eigenvalue weighted by Crippen LogP contribution is 2.39. The number of imidazole rings is 1. The van der Waals surface area contributed by atoms with Gasteiger partial charge in [-0.1, -0.05) is 24.4 Å². The van der Waals surface area contributed by atoms with E-state index in [-0.39, 0.29) is 14.9 Å². The molecule has 2 rings (SSSR count). The van der Waals surface area contributed by atoms with Crippen LogP contribution in [0.3, 0.4) is 0 Å². The lowest BCUT2D eigenvalue weighted by Crippen LogP contribution is -2.38. The zero-order chi connectivity index (χ0) is 14.1. The first kappa shape index (κ1) is 15.2.